The maximum absolute atomic E-state index is 12.0. The van der Waals surface area contributed by atoms with Gasteiger partial charge in [0.1, 0.15) is 5.82 Å². The Kier molecular flexibility index (Phi) is 4.39. The Morgan fingerprint density at radius 3 is 2.84 bits per heavy atom. The Hall–Kier alpha value is -1.17. The van der Waals surface area contributed by atoms with E-state index < -0.39 is 0 Å². The number of aromatic nitrogens is 2. The van der Waals surface area contributed by atoms with Crippen LogP contribution in [0.1, 0.15) is 11.3 Å². The van der Waals surface area contributed by atoms with Gasteiger partial charge >= 0.3 is 0 Å². The predicted octanol–water partition coefficient (Wildman–Crippen LogP) is 2.70. The summed E-state index contributed by atoms with van der Waals surface area (Å²) in [7, 11) is 0. The lowest BCUT2D eigenvalue weighted by atomic mass is 10.1. The lowest BCUT2D eigenvalue weighted by Crippen LogP contribution is -2.18. The first-order valence-corrected chi connectivity index (χ1v) is 6.86. The molecular formula is C13H12BrClN2O2. The molecule has 0 spiro atoms. The van der Waals surface area contributed by atoms with Crippen LogP contribution in [-0.2, 0) is 6.42 Å². The van der Waals surface area contributed by atoms with Gasteiger partial charge in [-0.1, -0.05) is 27.5 Å². The van der Waals surface area contributed by atoms with E-state index in [1.54, 1.807) is 19.1 Å². The number of nitrogens with zero attached hydrogens (tertiary/aromatic N) is 1. The second-order valence-electron chi connectivity index (χ2n) is 4.08. The molecular weight excluding hydrogens is 332 g/mol. The van der Waals surface area contributed by atoms with Crippen LogP contribution in [0.3, 0.4) is 0 Å². The first-order valence-electron chi connectivity index (χ1n) is 5.69. The summed E-state index contributed by atoms with van der Waals surface area (Å²) in [5.74, 6) is 0.426. The summed E-state index contributed by atoms with van der Waals surface area (Å²) in [6.45, 7) is 1.66. The van der Waals surface area contributed by atoms with E-state index in [2.05, 4.69) is 25.9 Å². The number of benzene rings is 1. The third-order valence-corrected chi connectivity index (χ3v) is 3.59. The van der Waals surface area contributed by atoms with Crippen LogP contribution >= 0.6 is 27.5 Å². The second kappa shape index (κ2) is 5.86. The van der Waals surface area contributed by atoms with Crippen LogP contribution in [0, 0.1) is 6.92 Å². The largest absolute Gasteiger partial charge is 0.396 e. The minimum absolute atomic E-state index is 0.0808. The molecule has 100 valence electrons. The smallest absolute Gasteiger partial charge is 0.254 e. The molecule has 1 aromatic heterocycles. The van der Waals surface area contributed by atoms with Crippen molar-refractivity contribution in [2.24, 2.45) is 0 Å². The van der Waals surface area contributed by atoms with Crippen LogP contribution in [0.15, 0.2) is 27.5 Å². The summed E-state index contributed by atoms with van der Waals surface area (Å²) < 4.78 is 0.853. The quantitative estimate of drug-likeness (QED) is 0.900. The highest BCUT2D eigenvalue weighted by molar-refractivity contribution is 9.10. The van der Waals surface area contributed by atoms with Crippen molar-refractivity contribution in [2.45, 2.75) is 13.3 Å². The lowest BCUT2D eigenvalue weighted by molar-refractivity contribution is 0.298. The van der Waals surface area contributed by atoms with Gasteiger partial charge in [-0.05, 0) is 25.1 Å². The van der Waals surface area contributed by atoms with Crippen molar-refractivity contribution in [1.29, 1.82) is 0 Å². The third-order valence-electron chi connectivity index (χ3n) is 2.77. The molecule has 19 heavy (non-hydrogen) atoms. The first kappa shape index (κ1) is 14.2. The summed E-state index contributed by atoms with van der Waals surface area (Å²) in [6, 6.07) is 5.35. The van der Waals surface area contributed by atoms with E-state index >= 15 is 0 Å². The van der Waals surface area contributed by atoms with Crippen LogP contribution < -0.4 is 5.56 Å². The van der Waals surface area contributed by atoms with Gasteiger partial charge in [0.25, 0.3) is 5.56 Å². The molecule has 0 saturated carbocycles. The summed E-state index contributed by atoms with van der Waals surface area (Å²) in [6.07, 6.45) is 0.292. The molecule has 2 N–H and O–H groups in total. The predicted molar refractivity (Wildman–Crippen MR) is 78.5 cm³/mol. The number of aliphatic hydroxyl groups is 1. The summed E-state index contributed by atoms with van der Waals surface area (Å²) >= 11 is 9.47. The van der Waals surface area contributed by atoms with E-state index in [9.17, 15) is 4.79 Å². The molecule has 0 atom stereocenters. The fourth-order valence-corrected chi connectivity index (χ4v) is 2.39. The first-order chi connectivity index (χ1) is 9.02. The van der Waals surface area contributed by atoms with E-state index in [-0.39, 0.29) is 12.2 Å². The maximum atomic E-state index is 12.0. The van der Waals surface area contributed by atoms with Crippen molar-refractivity contribution in [3.05, 3.63) is 49.3 Å². The lowest BCUT2D eigenvalue weighted by Gasteiger charge is -2.08. The highest BCUT2D eigenvalue weighted by Gasteiger charge is 2.11. The average Bonchev–Trinajstić information content (AvgIpc) is 2.36. The van der Waals surface area contributed by atoms with Crippen molar-refractivity contribution in [1.82, 2.24) is 9.97 Å². The van der Waals surface area contributed by atoms with Gasteiger partial charge in [-0.2, -0.15) is 0 Å². The van der Waals surface area contributed by atoms with Crippen molar-refractivity contribution in [3.63, 3.8) is 0 Å². The van der Waals surface area contributed by atoms with Gasteiger partial charge in [-0.3, -0.25) is 4.79 Å². The molecule has 0 saturated heterocycles. The maximum Gasteiger partial charge on any atom is 0.254 e. The summed E-state index contributed by atoms with van der Waals surface area (Å²) in [5, 5.41) is 9.44. The number of rotatable bonds is 3. The second-order valence-corrected chi connectivity index (χ2v) is 5.40. The van der Waals surface area contributed by atoms with Crippen LogP contribution in [0.4, 0.5) is 0 Å². The Labute approximate surface area is 123 Å². The fourth-order valence-electron chi connectivity index (χ4n) is 1.82. The van der Waals surface area contributed by atoms with E-state index in [1.165, 1.54) is 0 Å². The van der Waals surface area contributed by atoms with Crippen LogP contribution in [0.25, 0.3) is 11.4 Å². The van der Waals surface area contributed by atoms with Gasteiger partial charge in [0.2, 0.25) is 0 Å². The fraction of sp³-hybridized carbons (Fsp3) is 0.231. The summed E-state index contributed by atoms with van der Waals surface area (Å²) in [4.78, 5) is 19.0. The molecule has 1 aromatic carbocycles. The summed E-state index contributed by atoms with van der Waals surface area (Å²) in [5.41, 5.74) is 1.51. The molecule has 0 radical (unpaired) electrons. The minimum atomic E-state index is -0.243. The molecule has 2 rings (SSSR count). The van der Waals surface area contributed by atoms with Crippen molar-refractivity contribution < 1.29 is 5.11 Å². The monoisotopic (exact) mass is 342 g/mol. The molecule has 4 nitrogen and oxygen atoms in total. The topological polar surface area (TPSA) is 66.0 Å². The SMILES string of the molecule is Cc1nc(-c2cc(Br)ccc2Cl)[nH]c(=O)c1CCO. The van der Waals surface area contributed by atoms with Gasteiger partial charge in [-0.25, -0.2) is 4.98 Å². The van der Waals surface area contributed by atoms with E-state index in [4.69, 9.17) is 16.7 Å². The van der Waals surface area contributed by atoms with Gasteiger partial charge in [0.05, 0.1) is 5.02 Å². The molecule has 0 aliphatic rings. The highest BCUT2D eigenvalue weighted by Crippen LogP contribution is 2.28. The van der Waals surface area contributed by atoms with Crippen molar-refractivity contribution >= 4 is 27.5 Å². The van der Waals surface area contributed by atoms with Crippen LogP contribution in [0.5, 0.6) is 0 Å². The van der Waals surface area contributed by atoms with E-state index in [1.807, 2.05) is 6.07 Å². The Morgan fingerprint density at radius 2 is 2.21 bits per heavy atom. The third kappa shape index (κ3) is 3.05. The molecule has 0 unspecified atom stereocenters. The van der Waals surface area contributed by atoms with Gasteiger partial charge < -0.3 is 10.1 Å². The standard InChI is InChI=1S/C13H12BrClN2O2/c1-7-9(4-5-18)13(19)17-12(16-7)10-6-8(14)2-3-11(10)15/h2-3,6,18H,4-5H2,1H3,(H,16,17,19). The number of hydrogen-bond acceptors (Lipinski definition) is 3. The molecule has 6 heteroatoms. The molecule has 0 amide bonds. The van der Waals surface area contributed by atoms with Crippen molar-refractivity contribution in [3.8, 4) is 11.4 Å². The minimum Gasteiger partial charge on any atom is -0.396 e. The number of halogens is 2. The van der Waals surface area contributed by atoms with Crippen LogP contribution in [-0.4, -0.2) is 21.7 Å². The number of aromatic amines is 1. The zero-order valence-electron chi connectivity index (χ0n) is 10.2. The Balaban J connectivity index is 2.58. The molecule has 0 fully saturated rings. The zero-order chi connectivity index (χ0) is 14.0. The molecule has 2 aromatic rings. The highest BCUT2D eigenvalue weighted by atomic mass is 79.9. The molecule has 0 aliphatic carbocycles. The number of H-pyrrole nitrogens is 1. The Bertz CT molecular complexity index is 670. The number of nitrogens with one attached hydrogen (secondary N) is 1. The van der Waals surface area contributed by atoms with Gasteiger partial charge in [0.15, 0.2) is 0 Å². The number of aliphatic hydroxyl groups excluding tert-OH is 1. The Morgan fingerprint density at radius 1 is 1.47 bits per heavy atom. The van der Waals surface area contributed by atoms with E-state index in [0.29, 0.717) is 34.1 Å². The molecule has 0 bridgehead atoms. The normalized spacial score (nSPS) is 10.7. The van der Waals surface area contributed by atoms with Crippen LogP contribution in [0.2, 0.25) is 5.02 Å². The average molecular weight is 344 g/mol. The zero-order valence-corrected chi connectivity index (χ0v) is 12.5. The van der Waals surface area contributed by atoms with Crippen molar-refractivity contribution in [2.75, 3.05) is 6.61 Å². The molecule has 0 aliphatic heterocycles. The number of aryl methyl sites for hydroxylation is 1. The van der Waals surface area contributed by atoms with E-state index in [0.717, 1.165) is 4.47 Å². The number of hydrogen-bond donors (Lipinski definition) is 2. The van der Waals surface area contributed by atoms with Gasteiger partial charge in [0, 0.05) is 34.3 Å². The van der Waals surface area contributed by atoms with Gasteiger partial charge in [-0.15, -0.1) is 0 Å². The molecule has 1 heterocycles.